The van der Waals surface area contributed by atoms with Crippen molar-refractivity contribution in [1.29, 1.82) is 0 Å². The summed E-state index contributed by atoms with van der Waals surface area (Å²) in [5, 5.41) is 11.0. The van der Waals surface area contributed by atoms with Crippen LogP contribution in [0.3, 0.4) is 0 Å². The van der Waals surface area contributed by atoms with Gasteiger partial charge in [0.1, 0.15) is 0 Å². The van der Waals surface area contributed by atoms with Gasteiger partial charge >= 0.3 is 0 Å². The Balaban J connectivity index is 2.95. The normalized spacial score (nSPS) is 11.9. The van der Waals surface area contributed by atoms with Gasteiger partial charge in [0.25, 0.3) is 0 Å². The Labute approximate surface area is 66.7 Å². The maximum atomic E-state index is 8.22. The molecule has 0 saturated heterocycles. The van der Waals surface area contributed by atoms with Gasteiger partial charge in [-0.05, 0) is 12.1 Å². The molecule has 0 bridgehead atoms. The Morgan fingerprint density at radius 3 is 2.80 bits per heavy atom. The summed E-state index contributed by atoms with van der Waals surface area (Å²) in [7, 11) is 0. The fraction of sp³-hybridized carbons (Fsp3) is 0. The summed E-state index contributed by atoms with van der Waals surface area (Å²) in [5.41, 5.74) is 5.26. The van der Waals surface area contributed by atoms with Crippen LogP contribution in [0.1, 0.15) is 4.88 Å². The molecule has 54 valence electrons. The van der Waals surface area contributed by atoms with Crippen LogP contribution in [0.4, 0.5) is 0 Å². The number of thiophene rings is 1. The summed E-state index contributed by atoms with van der Waals surface area (Å²) >= 11 is 6.86. The maximum Gasteiger partial charge on any atom is 0.180 e. The van der Waals surface area contributed by atoms with Crippen molar-refractivity contribution >= 4 is 28.8 Å². The van der Waals surface area contributed by atoms with Crippen molar-refractivity contribution in [3.63, 3.8) is 0 Å². The Bertz CT molecular complexity index is 258. The molecule has 5 heteroatoms. The molecule has 0 fully saturated rings. The fourth-order valence-corrected chi connectivity index (χ4v) is 1.44. The number of halogens is 1. The van der Waals surface area contributed by atoms with E-state index in [-0.39, 0.29) is 5.84 Å². The highest BCUT2D eigenvalue weighted by molar-refractivity contribution is 7.18. The monoisotopic (exact) mass is 176 g/mol. The smallest absolute Gasteiger partial charge is 0.180 e. The van der Waals surface area contributed by atoms with Crippen LogP contribution in [0.2, 0.25) is 4.34 Å². The number of nitrogens with two attached hydrogens (primary N) is 1. The van der Waals surface area contributed by atoms with Gasteiger partial charge in [-0.2, -0.15) is 0 Å². The van der Waals surface area contributed by atoms with E-state index in [1.165, 1.54) is 11.3 Å². The lowest BCUT2D eigenvalue weighted by Gasteiger charge is -1.87. The first-order chi connectivity index (χ1) is 4.74. The summed E-state index contributed by atoms with van der Waals surface area (Å²) in [6, 6.07) is 3.39. The first kappa shape index (κ1) is 7.37. The second kappa shape index (κ2) is 2.90. The van der Waals surface area contributed by atoms with E-state index in [4.69, 9.17) is 22.5 Å². The molecule has 10 heavy (non-hydrogen) atoms. The Morgan fingerprint density at radius 2 is 2.40 bits per heavy atom. The molecule has 1 rings (SSSR count). The predicted molar refractivity (Wildman–Crippen MR) is 41.8 cm³/mol. The van der Waals surface area contributed by atoms with Crippen molar-refractivity contribution < 1.29 is 5.21 Å². The van der Waals surface area contributed by atoms with Crippen LogP contribution in [-0.2, 0) is 0 Å². The zero-order valence-corrected chi connectivity index (χ0v) is 6.49. The lowest BCUT2D eigenvalue weighted by atomic mass is 10.4. The van der Waals surface area contributed by atoms with Crippen molar-refractivity contribution in [2.75, 3.05) is 0 Å². The average Bonchev–Trinajstić information content (AvgIpc) is 2.34. The van der Waals surface area contributed by atoms with Gasteiger partial charge in [-0.25, -0.2) is 0 Å². The van der Waals surface area contributed by atoms with Gasteiger partial charge in [0.2, 0.25) is 0 Å². The molecule has 0 aliphatic rings. The van der Waals surface area contributed by atoms with Crippen LogP contribution in [0.5, 0.6) is 0 Å². The number of hydrogen-bond acceptors (Lipinski definition) is 3. The molecule has 0 aliphatic heterocycles. The number of amidine groups is 1. The van der Waals surface area contributed by atoms with Gasteiger partial charge in [-0.3, -0.25) is 0 Å². The third kappa shape index (κ3) is 1.40. The lowest BCUT2D eigenvalue weighted by Crippen LogP contribution is -2.10. The number of nitrogens with zero attached hydrogens (tertiary/aromatic N) is 1. The van der Waals surface area contributed by atoms with E-state index in [1.807, 2.05) is 0 Å². The van der Waals surface area contributed by atoms with E-state index in [0.29, 0.717) is 9.21 Å². The molecule has 3 nitrogen and oxygen atoms in total. The summed E-state index contributed by atoms with van der Waals surface area (Å²) < 4.78 is 0.626. The van der Waals surface area contributed by atoms with Crippen LogP contribution in [0, 0.1) is 0 Å². The highest BCUT2D eigenvalue weighted by Crippen LogP contribution is 2.20. The van der Waals surface area contributed by atoms with Gasteiger partial charge < -0.3 is 10.9 Å². The van der Waals surface area contributed by atoms with Crippen molar-refractivity contribution in [3.8, 4) is 0 Å². The minimum Gasteiger partial charge on any atom is -0.409 e. The lowest BCUT2D eigenvalue weighted by molar-refractivity contribution is 0.319. The molecule has 0 atom stereocenters. The molecule has 0 radical (unpaired) electrons. The van der Waals surface area contributed by atoms with Gasteiger partial charge in [0, 0.05) is 0 Å². The average molecular weight is 177 g/mol. The molecule has 1 heterocycles. The Morgan fingerprint density at radius 1 is 1.70 bits per heavy atom. The van der Waals surface area contributed by atoms with Crippen LogP contribution >= 0.6 is 22.9 Å². The molecule has 1 aromatic heterocycles. The molecule has 1 aromatic rings. The van der Waals surface area contributed by atoms with Gasteiger partial charge in [0.05, 0.1) is 9.21 Å². The van der Waals surface area contributed by atoms with E-state index < -0.39 is 0 Å². The quantitative estimate of drug-likeness (QED) is 0.295. The molecule has 0 unspecified atom stereocenters. The van der Waals surface area contributed by atoms with Crippen LogP contribution in [0.15, 0.2) is 17.3 Å². The van der Waals surface area contributed by atoms with E-state index in [2.05, 4.69) is 5.16 Å². The zero-order chi connectivity index (χ0) is 7.56. The zero-order valence-electron chi connectivity index (χ0n) is 4.91. The largest absolute Gasteiger partial charge is 0.409 e. The van der Waals surface area contributed by atoms with Crippen molar-refractivity contribution in [2.24, 2.45) is 10.9 Å². The topological polar surface area (TPSA) is 58.6 Å². The molecular formula is C5H5ClN2OS. The third-order valence-corrected chi connectivity index (χ3v) is 2.19. The van der Waals surface area contributed by atoms with E-state index >= 15 is 0 Å². The van der Waals surface area contributed by atoms with E-state index in [0.717, 1.165) is 0 Å². The highest BCUT2D eigenvalue weighted by atomic mass is 35.5. The van der Waals surface area contributed by atoms with E-state index in [9.17, 15) is 0 Å². The van der Waals surface area contributed by atoms with Crippen LogP contribution in [-0.4, -0.2) is 11.0 Å². The van der Waals surface area contributed by atoms with Crippen molar-refractivity contribution in [3.05, 3.63) is 21.3 Å². The number of oxime groups is 1. The standard InChI is InChI=1S/C5H5ClN2OS/c6-4-2-1-3(10-4)5(7)8-9/h1-2,9H,(H2,7,8). The van der Waals surface area contributed by atoms with Crippen molar-refractivity contribution in [1.82, 2.24) is 0 Å². The molecule has 0 amide bonds. The molecule has 3 N–H and O–H groups in total. The minimum atomic E-state index is 0.0944. The minimum absolute atomic E-state index is 0.0944. The van der Waals surface area contributed by atoms with Crippen LogP contribution in [0.25, 0.3) is 0 Å². The van der Waals surface area contributed by atoms with Gasteiger partial charge in [-0.15, -0.1) is 11.3 Å². The fourth-order valence-electron chi connectivity index (χ4n) is 0.501. The molecule has 0 saturated carbocycles. The molecule has 0 aliphatic carbocycles. The second-order valence-electron chi connectivity index (χ2n) is 1.59. The highest BCUT2D eigenvalue weighted by Gasteiger charge is 2.00. The molecule has 0 aromatic carbocycles. The van der Waals surface area contributed by atoms with Gasteiger partial charge in [0.15, 0.2) is 5.84 Å². The van der Waals surface area contributed by atoms with Gasteiger partial charge in [-0.1, -0.05) is 16.8 Å². The summed E-state index contributed by atoms with van der Waals surface area (Å²) in [6.07, 6.45) is 0. The third-order valence-electron chi connectivity index (χ3n) is 0.933. The Hall–Kier alpha value is -0.740. The summed E-state index contributed by atoms with van der Waals surface area (Å²) in [4.78, 5) is 0.674. The van der Waals surface area contributed by atoms with Crippen LogP contribution < -0.4 is 5.73 Å². The number of rotatable bonds is 1. The summed E-state index contributed by atoms with van der Waals surface area (Å²) in [5.74, 6) is 0.0944. The molecular weight excluding hydrogens is 172 g/mol. The molecule has 0 spiro atoms. The first-order valence-electron chi connectivity index (χ1n) is 2.47. The Kier molecular flexibility index (Phi) is 2.13. The maximum absolute atomic E-state index is 8.22. The van der Waals surface area contributed by atoms with E-state index in [1.54, 1.807) is 12.1 Å². The number of hydrogen-bond donors (Lipinski definition) is 2. The second-order valence-corrected chi connectivity index (χ2v) is 3.30. The SMILES string of the molecule is N/C(=N\O)c1ccc(Cl)s1. The summed E-state index contributed by atoms with van der Waals surface area (Å²) in [6.45, 7) is 0. The predicted octanol–water partition coefficient (Wildman–Crippen LogP) is 1.50. The first-order valence-corrected chi connectivity index (χ1v) is 3.66. The van der Waals surface area contributed by atoms with Crippen molar-refractivity contribution in [2.45, 2.75) is 0 Å².